The molecule has 0 spiro atoms. The Morgan fingerprint density at radius 3 is 2.52 bits per heavy atom. The zero-order valence-electron chi connectivity index (χ0n) is 16.1. The summed E-state index contributed by atoms with van der Waals surface area (Å²) in [6, 6.07) is -2.52. The van der Waals surface area contributed by atoms with E-state index in [0.717, 1.165) is 22.8 Å². The van der Waals surface area contributed by atoms with Gasteiger partial charge in [0.2, 0.25) is 0 Å². The molecule has 3 heterocycles. The first-order chi connectivity index (χ1) is 13.6. The lowest BCUT2D eigenvalue weighted by Gasteiger charge is -2.19. The maximum absolute atomic E-state index is 13.3. The van der Waals surface area contributed by atoms with Gasteiger partial charge in [0.05, 0.1) is 25.1 Å². The molecule has 3 rings (SSSR count). The highest BCUT2D eigenvalue weighted by Gasteiger charge is 2.40. The molecule has 2 amide bonds. The van der Waals surface area contributed by atoms with Gasteiger partial charge in [0.1, 0.15) is 10.9 Å². The summed E-state index contributed by atoms with van der Waals surface area (Å²) in [4.78, 5) is 40.1. The average Bonchev–Trinajstić information content (AvgIpc) is 3.18. The molecule has 0 unspecified atom stereocenters. The van der Waals surface area contributed by atoms with Gasteiger partial charge in [-0.15, -0.1) is 11.3 Å². The number of carbonyl (C=O) groups is 1. The zero-order valence-corrected chi connectivity index (χ0v) is 16.9. The number of fused-ring (bicyclic) bond motifs is 1. The summed E-state index contributed by atoms with van der Waals surface area (Å²) < 4.78 is 46.3. The number of halogens is 3. The standard InChI is InChI=1S/C17H21F3N4O4S/c1-9-11(8-22-5-4-21-15(22)26)29-14-12(9)13(25)24(10(2)17(18,19)20)16(27)23(14)6-7-28-3/h10H,4-8H2,1-3H3,(H,21,26)/t10-/m1/s1. The van der Waals surface area contributed by atoms with Crippen molar-refractivity contribution in [2.45, 2.75) is 39.2 Å². The first-order valence-electron chi connectivity index (χ1n) is 8.93. The maximum atomic E-state index is 13.3. The monoisotopic (exact) mass is 434 g/mol. The Labute approximate surface area is 167 Å². The highest BCUT2D eigenvalue weighted by Crippen LogP contribution is 2.32. The van der Waals surface area contributed by atoms with Crippen molar-refractivity contribution in [2.24, 2.45) is 0 Å². The fourth-order valence-corrected chi connectivity index (χ4v) is 4.60. The van der Waals surface area contributed by atoms with Gasteiger partial charge in [0, 0.05) is 25.1 Å². The van der Waals surface area contributed by atoms with Crippen LogP contribution in [0, 0.1) is 6.92 Å². The number of aryl methyl sites for hydroxylation is 1. The van der Waals surface area contributed by atoms with Crippen LogP contribution in [0.5, 0.6) is 0 Å². The third kappa shape index (κ3) is 3.78. The van der Waals surface area contributed by atoms with Crippen LogP contribution in [-0.2, 0) is 17.8 Å². The molecule has 0 saturated carbocycles. The second kappa shape index (κ2) is 7.82. The van der Waals surface area contributed by atoms with E-state index in [-0.39, 0.29) is 40.5 Å². The SMILES string of the molecule is COCCn1c(=O)n([C@H](C)C(F)(F)F)c(=O)c2c(C)c(CN3CCNC3=O)sc21. The van der Waals surface area contributed by atoms with E-state index in [4.69, 9.17) is 4.74 Å². The molecule has 1 fully saturated rings. The number of hydrogen-bond donors (Lipinski definition) is 1. The lowest BCUT2D eigenvalue weighted by Crippen LogP contribution is -2.45. The molecule has 29 heavy (non-hydrogen) atoms. The van der Waals surface area contributed by atoms with Crippen molar-refractivity contribution in [3.63, 3.8) is 0 Å². The van der Waals surface area contributed by atoms with Crippen molar-refractivity contribution in [2.75, 3.05) is 26.8 Å². The van der Waals surface area contributed by atoms with Crippen LogP contribution in [0.2, 0.25) is 0 Å². The number of rotatable bonds is 6. The predicted octanol–water partition coefficient (Wildman–Crippen LogP) is 1.83. The van der Waals surface area contributed by atoms with E-state index in [2.05, 4.69) is 5.32 Å². The molecule has 0 radical (unpaired) electrons. The third-order valence-corrected chi connectivity index (χ3v) is 6.30. The number of urea groups is 1. The minimum atomic E-state index is -4.75. The molecule has 12 heteroatoms. The van der Waals surface area contributed by atoms with Gasteiger partial charge in [0.25, 0.3) is 5.56 Å². The van der Waals surface area contributed by atoms with E-state index in [1.165, 1.54) is 7.11 Å². The summed E-state index contributed by atoms with van der Waals surface area (Å²) in [6.45, 7) is 3.69. The summed E-state index contributed by atoms with van der Waals surface area (Å²) in [5.41, 5.74) is -1.53. The summed E-state index contributed by atoms with van der Waals surface area (Å²) >= 11 is 1.14. The molecule has 1 saturated heterocycles. The van der Waals surface area contributed by atoms with Crippen molar-refractivity contribution in [3.8, 4) is 0 Å². The van der Waals surface area contributed by atoms with Gasteiger partial charge < -0.3 is 15.0 Å². The van der Waals surface area contributed by atoms with E-state index in [0.29, 0.717) is 23.5 Å². The van der Waals surface area contributed by atoms with Gasteiger partial charge in [-0.1, -0.05) is 0 Å². The molecule has 2 aromatic heterocycles. The highest BCUT2D eigenvalue weighted by atomic mass is 32.1. The van der Waals surface area contributed by atoms with Crippen molar-refractivity contribution in [3.05, 3.63) is 31.3 Å². The molecule has 1 N–H and O–H groups in total. The zero-order chi connectivity index (χ0) is 21.5. The number of nitrogens with zero attached hydrogens (tertiary/aromatic N) is 3. The van der Waals surface area contributed by atoms with Crippen LogP contribution in [0.25, 0.3) is 10.2 Å². The van der Waals surface area contributed by atoms with Gasteiger partial charge >= 0.3 is 17.9 Å². The number of methoxy groups -OCH3 is 1. The Morgan fingerprint density at radius 1 is 1.28 bits per heavy atom. The van der Waals surface area contributed by atoms with Crippen molar-refractivity contribution in [1.29, 1.82) is 0 Å². The molecular formula is C17H21F3N4O4S. The summed E-state index contributed by atoms with van der Waals surface area (Å²) in [6.07, 6.45) is -4.75. The van der Waals surface area contributed by atoms with E-state index in [1.54, 1.807) is 11.8 Å². The molecule has 1 aliphatic heterocycles. The molecule has 1 atom stereocenters. The van der Waals surface area contributed by atoms with Gasteiger partial charge in [-0.05, 0) is 19.4 Å². The van der Waals surface area contributed by atoms with E-state index in [1.807, 2.05) is 0 Å². The highest BCUT2D eigenvalue weighted by molar-refractivity contribution is 7.18. The predicted molar refractivity (Wildman–Crippen MR) is 102 cm³/mol. The van der Waals surface area contributed by atoms with Crippen LogP contribution in [0.3, 0.4) is 0 Å². The fraction of sp³-hybridized carbons (Fsp3) is 0.588. The lowest BCUT2D eigenvalue weighted by molar-refractivity contribution is -0.164. The Kier molecular flexibility index (Phi) is 5.77. The number of amides is 2. The second-order valence-electron chi connectivity index (χ2n) is 6.80. The normalized spacial score (nSPS) is 15.9. The Hall–Kier alpha value is -2.34. The Morgan fingerprint density at radius 2 is 1.97 bits per heavy atom. The minimum Gasteiger partial charge on any atom is -0.383 e. The number of aromatic nitrogens is 2. The molecule has 160 valence electrons. The Balaban J connectivity index is 2.24. The summed E-state index contributed by atoms with van der Waals surface area (Å²) in [7, 11) is 1.41. The molecule has 1 aliphatic rings. The first-order valence-corrected chi connectivity index (χ1v) is 9.75. The minimum absolute atomic E-state index is 0.000282. The van der Waals surface area contributed by atoms with Gasteiger partial charge in [0.15, 0.2) is 0 Å². The number of thiophene rings is 1. The average molecular weight is 434 g/mol. The number of ether oxygens (including phenoxy) is 1. The van der Waals surface area contributed by atoms with Crippen molar-refractivity contribution >= 4 is 27.6 Å². The molecule has 0 aliphatic carbocycles. The fourth-order valence-electron chi connectivity index (χ4n) is 3.26. The van der Waals surface area contributed by atoms with Crippen molar-refractivity contribution < 1.29 is 22.7 Å². The van der Waals surface area contributed by atoms with Crippen LogP contribution in [0.1, 0.15) is 23.4 Å². The number of alkyl halides is 3. The first kappa shape index (κ1) is 21.4. The van der Waals surface area contributed by atoms with Gasteiger partial charge in [-0.25, -0.2) is 14.2 Å². The molecule has 2 aromatic rings. The van der Waals surface area contributed by atoms with Crippen LogP contribution >= 0.6 is 11.3 Å². The van der Waals surface area contributed by atoms with E-state index in [9.17, 15) is 27.6 Å². The van der Waals surface area contributed by atoms with Crippen molar-refractivity contribution in [1.82, 2.24) is 19.4 Å². The quantitative estimate of drug-likeness (QED) is 0.752. The molecule has 0 aromatic carbocycles. The van der Waals surface area contributed by atoms with E-state index >= 15 is 0 Å². The summed E-state index contributed by atoms with van der Waals surface area (Å²) in [5.74, 6) is 0. The topological polar surface area (TPSA) is 85.6 Å². The smallest absolute Gasteiger partial charge is 0.383 e. The lowest BCUT2D eigenvalue weighted by atomic mass is 10.2. The molecule has 0 bridgehead atoms. The van der Waals surface area contributed by atoms with Gasteiger partial charge in [-0.2, -0.15) is 13.2 Å². The van der Waals surface area contributed by atoms with Crippen LogP contribution < -0.4 is 16.6 Å². The third-order valence-electron chi connectivity index (χ3n) is 5.00. The number of nitrogens with one attached hydrogen (secondary N) is 1. The van der Waals surface area contributed by atoms with Gasteiger partial charge in [-0.3, -0.25) is 9.36 Å². The molecule has 8 nitrogen and oxygen atoms in total. The molecular weight excluding hydrogens is 413 g/mol. The van der Waals surface area contributed by atoms with Crippen LogP contribution in [0.4, 0.5) is 18.0 Å². The second-order valence-corrected chi connectivity index (χ2v) is 7.89. The maximum Gasteiger partial charge on any atom is 0.409 e. The largest absolute Gasteiger partial charge is 0.409 e. The van der Waals surface area contributed by atoms with E-state index < -0.39 is 23.5 Å². The number of hydrogen-bond acceptors (Lipinski definition) is 5. The number of carbonyl (C=O) groups excluding carboxylic acids is 1. The van der Waals surface area contributed by atoms with Crippen LogP contribution in [0.15, 0.2) is 9.59 Å². The Bertz CT molecular complexity index is 1060. The van der Waals surface area contributed by atoms with Crippen LogP contribution in [-0.4, -0.2) is 53.0 Å². The summed E-state index contributed by atoms with van der Waals surface area (Å²) in [5, 5.41) is 2.74.